The van der Waals surface area contributed by atoms with Crippen LogP contribution >= 0.6 is 50.5 Å². The Morgan fingerprint density at radius 1 is 1.05 bits per heavy atom. The number of hydrogen-bond donors (Lipinski definition) is 1. The largest absolute Gasteiger partial charge is 0.320 e. The molecule has 2 N–H and O–H groups in total. The predicted molar refractivity (Wildman–Crippen MR) is 92.0 cm³/mol. The maximum Gasteiger partial charge on any atom is 0.0643 e. The fourth-order valence-corrected chi connectivity index (χ4v) is 4.29. The van der Waals surface area contributed by atoms with E-state index in [9.17, 15) is 0 Å². The number of thiophene rings is 1. The molecule has 0 aliphatic heterocycles. The second-order valence-electron chi connectivity index (χ2n) is 4.43. The summed E-state index contributed by atoms with van der Waals surface area (Å²) in [5.74, 6) is 0. The Morgan fingerprint density at radius 3 is 2.60 bits per heavy atom. The first-order chi connectivity index (χ1) is 9.59. The Hall–Kier alpha value is -0.580. The Morgan fingerprint density at radius 2 is 1.80 bits per heavy atom. The first-order valence-corrected chi connectivity index (χ1v) is 8.37. The van der Waals surface area contributed by atoms with Gasteiger partial charge in [0.25, 0.3) is 0 Å². The number of benzene rings is 2. The molecule has 0 bridgehead atoms. The van der Waals surface area contributed by atoms with Crippen LogP contribution in [0.2, 0.25) is 10.0 Å². The van der Waals surface area contributed by atoms with Crippen LogP contribution in [-0.2, 0) is 0 Å². The van der Waals surface area contributed by atoms with E-state index in [1.165, 1.54) is 4.70 Å². The highest BCUT2D eigenvalue weighted by atomic mass is 79.9. The van der Waals surface area contributed by atoms with E-state index in [1.54, 1.807) is 17.4 Å². The van der Waals surface area contributed by atoms with E-state index in [0.717, 1.165) is 21.0 Å². The van der Waals surface area contributed by atoms with Crippen molar-refractivity contribution in [3.63, 3.8) is 0 Å². The normalized spacial score (nSPS) is 12.8. The van der Waals surface area contributed by atoms with Gasteiger partial charge in [-0.3, -0.25) is 0 Å². The summed E-state index contributed by atoms with van der Waals surface area (Å²) in [6.45, 7) is 0. The zero-order valence-electron chi connectivity index (χ0n) is 10.2. The van der Waals surface area contributed by atoms with Gasteiger partial charge in [0.15, 0.2) is 0 Å². The lowest BCUT2D eigenvalue weighted by Crippen LogP contribution is -2.11. The van der Waals surface area contributed by atoms with Crippen molar-refractivity contribution in [1.29, 1.82) is 0 Å². The summed E-state index contributed by atoms with van der Waals surface area (Å²) in [4.78, 5) is 0. The molecule has 0 fully saturated rings. The topological polar surface area (TPSA) is 26.0 Å². The van der Waals surface area contributed by atoms with Crippen molar-refractivity contribution in [2.75, 3.05) is 0 Å². The van der Waals surface area contributed by atoms with Crippen LogP contribution < -0.4 is 5.73 Å². The predicted octanol–water partition coefficient (Wildman–Crippen LogP) is 6.02. The number of nitrogens with two attached hydrogens (primary N) is 1. The Labute approximate surface area is 139 Å². The van der Waals surface area contributed by atoms with Crippen LogP contribution in [0, 0.1) is 0 Å². The van der Waals surface area contributed by atoms with E-state index in [1.807, 2.05) is 24.3 Å². The second-order valence-corrected chi connectivity index (χ2v) is 6.95. The van der Waals surface area contributed by atoms with Crippen molar-refractivity contribution >= 4 is 60.6 Å². The van der Waals surface area contributed by atoms with E-state index in [4.69, 9.17) is 28.9 Å². The highest BCUT2D eigenvalue weighted by Crippen LogP contribution is 2.39. The van der Waals surface area contributed by atoms with Gasteiger partial charge < -0.3 is 5.73 Å². The quantitative estimate of drug-likeness (QED) is 0.572. The SMILES string of the molecule is NC(c1cccc(Cl)c1Cl)c1csc2c(Br)cccc12. The molecule has 102 valence electrons. The maximum atomic E-state index is 6.39. The van der Waals surface area contributed by atoms with E-state index in [0.29, 0.717) is 10.0 Å². The molecular formula is C15H10BrCl2NS. The van der Waals surface area contributed by atoms with Gasteiger partial charge in [0, 0.05) is 9.17 Å². The Balaban J connectivity index is 2.16. The first kappa shape index (κ1) is 14.4. The Bertz CT molecular complexity index is 785. The lowest BCUT2D eigenvalue weighted by atomic mass is 9.99. The zero-order chi connectivity index (χ0) is 14.3. The second kappa shape index (κ2) is 5.66. The standard InChI is InChI=1S/C15H10BrCl2NS/c16-11-5-1-3-8-10(7-20-15(8)11)14(19)9-4-2-6-12(17)13(9)18/h1-7,14H,19H2. The summed E-state index contributed by atoms with van der Waals surface area (Å²) in [6, 6.07) is 11.4. The fraction of sp³-hybridized carbons (Fsp3) is 0.0667. The smallest absolute Gasteiger partial charge is 0.0643 e. The molecule has 1 atom stereocenters. The molecule has 20 heavy (non-hydrogen) atoms. The molecule has 0 amide bonds. The average Bonchev–Trinajstić information content (AvgIpc) is 2.86. The molecule has 3 aromatic rings. The summed E-state index contributed by atoms with van der Waals surface area (Å²) in [7, 11) is 0. The lowest BCUT2D eigenvalue weighted by Gasteiger charge is -2.14. The van der Waals surface area contributed by atoms with Crippen LogP contribution in [-0.4, -0.2) is 0 Å². The maximum absolute atomic E-state index is 6.39. The van der Waals surface area contributed by atoms with Crippen molar-refractivity contribution in [3.05, 3.63) is 67.4 Å². The molecule has 3 rings (SSSR count). The van der Waals surface area contributed by atoms with Gasteiger partial charge in [-0.1, -0.05) is 47.5 Å². The van der Waals surface area contributed by atoms with Crippen molar-refractivity contribution in [1.82, 2.24) is 0 Å². The summed E-state index contributed by atoms with van der Waals surface area (Å²) >= 11 is 17.6. The molecule has 0 aliphatic rings. The molecule has 0 saturated carbocycles. The summed E-state index contributed by atoms with van der Waals surface area (Å²) in [6.07, 6.45) is 0. The van der Waals surface area contributed by atoms with Gasteiger partial charge in [0.1, 0.15) is 0 Å². The average molecular weight is 387 g/mol. The summed E-state index contributed by atoms with van der Waals surface area (Å²) in [5, 5.41) is 4.28. The van der Waals surface area contributed by atoms with Gasteiger partial charge >= 0.3 is 0 Å². The molecule has 0 radical (unpaired) electrons. The van der Waals surface area contributed by atoms with Crippen LogP contribution in [0.1, 0.15) is 17.2 Å². The molecule has 0 spiro atoms. The van der Waals surface area contributed by atoms with E-state index < -0.39 is 0 Å². The third-order valence-corrected chi connectivity index (χ3v) is 6.04. The first-order valence-electron chi connectivity index (χ1n) is 5.94. The molecule has 5 heteroatoms. The van der Waals surface area contributed by atoms with Crippen LogP contribution in [0.3, 0.4) is 0 Å². The number of halogens is 3. The van der Waals surface area contributed by atoms with Gasteiger partial charge in [-0.2, -0.15) is 0 Å². The van der Waals surface area contributed by atoms with Crippen molar-refractivity contribution in [3.8, 4) is 0 Å². The fourth-order valence-electron chi connectivity index (χ4n) is 2.21. The zero-order valence-corrected chi connectivity index (χ0v) is 14.2. The van der Waals surface area contributed by atoms with Gasteiger partial charge in [-0.25, -0.2) is 0 Å². The van der Waals surface area contributed by atoms with Gasteiger partial charge in [0.2, 0.25) is 0 Å². The third-order valence-electron chi connectivity index (χ3n) is 3.23. The van der Waals surface area contributed by atoms with E-state index in [-0.39, 0.29) is 6.04 Å². The van der Waals surface area contributed by atoms with Crippen LogP contribution in [0.25, 0.3) is 10.1 Å². The van der Waals surface area contributed by atoms with Gasteiger partial charge in [-0.05, 0) is 50.0 Å². The lowest BCUT2D eigenvalue weighted by molar-refractivity contribution is 0.885. The minimum Gasteiger partial charge on any atom is -0.320 e. The molecular weight excluding hydrogens is 377 g/mol. The van der Waals surface area contributed by atoms with Gasteiger partial charge in [-0.15, -0.1) is 11.3 Å². The molecule has 2 aromatic carbocycles. The van der Waals surface area contributed by atoms with Crippen molar-refractivity contribution < 1.29 is 0 Å². The Kier molecular flexibility index (Phi) is 4.07. The number of hydrogen-bond acceptors (Lipinski definition) is 2. The molecule has 1 unspecified atom stereocenters. The van der Waals surface area contributed by atoms with Crippen molar-refractivity contribution in [2.45, 2.75) is 6.04 Å². The molecule has 1 heterocycles. The minimum absolute atomic E-state index is 0.288. The van der Waals surface area contributed by atoms with Crippen LogP contribution in [0.15, 0.2) is 46.3 Å². The summed E-state index contributed by atoms with van der Waals surface area (Å²) < 4.78 is 2.27. The molecule has 0 saturated heterocycles. The third kappa shape index (κ3) is 2.38. The van der Waals surface area contributed by atoms with Gasteiger partial charge in [0.05, 0.1) is 16.1 Å². The molecule has 1 nitrogen and oxygen atoms in total. The monoisotopic (exact) mass is 385 g/mol. The highest BCUT2D eigenvalue weighted by Gasteiger charge is 2.18. The number of rotatable bonds is 2. The summed E-state index contributed by atoms with van der Waals surface area (Å²) in [5.41, 5.74) is 8.31. The molecule has 0 aliphatic carbocycles. The van der Waals surface area contributed by atoms with E-state index >= 15 is 0 Å². The molecule has 1 aromatic heterocycles. The highest BCUT2D eigenvalue weighted by molar-refractivity contribution is 9.10. The van der Waals surface area contributed by atoms with E-state index in [2.05, 4.69) is 27.4 Å². The number of fused-ring (bicyclic) bond motifs is 1. The minimum atomic E-state index is -0.288. The van der Waals surface area contributed by atoms with Crippen molar-refractivity contribution in [2.24, 2.45) is 5.73 Å². The van der Waals surface area contributed by atoms with Crippen LogP contribution in [0.5, 0.6) is 0 Å². The van der Waals surface area contributed by atoms with Crippen LogP contribution in [0.4, 0.5) is 0 Å².